The third-order valence-electron chi connectivity index (χ3n) is 1.34. The summed E-state index contributed by atoms with van der Waals surface area (Å²) in [5.74, 6) is 0.341. The highest BCUT2D eigenvalue weighted by Gasteiger charge is 2.10. The fraction of sp³-hybridized carbons (Fsp3) is 0.667. The van der Waals surface area contributed by atoms with Crippen molar-refractivity contribution in [1.29, 1.82) is 0 Å². The molecule has 0 saturated carbocycles. The van der Waals surface area contributed by atoms with Crippen LogP contribution >= 0.6 is 0 Å². The molecule has 0 bridgehead atoms. The molecule has 0 aromatic carbocycles. The van der Waals surface area contributed by atoms with Crippen LogP contribution in [0.15, 0.2) is 4.99 Å². The van der Waals surface area contributed by atoms with E-state index in [-0.39, 0.29) is 5.91 Å². The van der Waals surface area contributed by atoms with E-state index in [4.69, 9.17) is 0 Å². The summed E-state index contributed by atoms with van der Waals surface area (Å²) in [4.78, 5) is 14.9. The maximum Gasteiger partial charge on any atom is 0.286 e. The molecule has 1 rings (SSSR count). The van der Waals surface area contributed by atoms with Gasteiger partial charge < -0.3 is 10.6 Å². The van der Waals surface area contributed by atoms with E-state index in [1.54, 1.807) is 7.05 Å². The fourth-order valence-electron chi connectivity index (χ4n) is 0.803. The van der Waals surface area contributed by atoms with Crippen LogP contribution in [-0.2, 0) is 4.79 Å². The topological polar surface area (TPSA) is 53.5 Å². The van der Waals surface area contributed by atoms with Gasteiger partial charge in [-0.1, -0.05) is 0 Å². The summed E-state index contributed by atoms with van der Waals surface area (Å²) in [6.45, 7) is 1.61. The quantitative estimate of drug-likeness (QED) is 0.498. The summed E-state index contributed by atoms with van der Waals surface area (Å²) in [7, 11) is 1.60. The number of carbonyl (C=O) groups is 1. The van der Waals surface area contributed by atoms with E-state index in [0.717, 1.165) is 19.5 Å². The van der Waals surface area contributed by atoms with E-state index < -0.39 is 0 Å². The van der Waals surface area contributed by atoms with Crippen LogP contribution in [0.1, 0.15) is 6.42 Å². The molecule has 1 amide bonds. The summed E-state index contributed by atoms with van der Waals surface area (Å²) >= 11 is 0. The third-order valence-corrected chi connectivity index (χ3v) is 1.34. The Morgan fingerprint density at radius 3 is 3.10 bits per heavy atom. The van der Waals surface area contributed by atoms with Crippen LogP contribution in [0.25, 0.3) is 0 Å². The Bertz CT molecular complexity index is 164. The molecule has 4 nitrogen and oxygen atoms in total. The monoisotopic (exact) mass is 141 g/mol. The van der Waals surface area contributed by atoms with Gasteiger partial charge in [0.15, 0.2) is 5.84 Å². The molecule has 0 saturated heterocycles. The molecule has 0 aliphatic carbocycles. The number of nitrogens with zero attached hydrogens (tertiary/aromatic N) is 1. The minimum absolute atomic E-state index is 0.125. The van der Waals surface area contributed by atoms with Gasteiger partial charge >= 0.3 is 0 Å². The van der Waals surface area contributed by atoms with Crippen LogP contribution in [0, 0.1) is 0 Å². The Labute approximate surface area is 59.7 Å². The molecular weight excluding hydrogens is 130 g/mol. The van der Waals surface area contributed by atoms with Gasteiger partial charge in [0.1, 0.15) is 0 Å². The zero-order chi connectivity index (χ0) is 7.40. The number of rotatable bonds is 1. The Balaban J connectivity index is 2.53. The smallest absolute Gasteiger partial charge is 0.286 e. The lowest BCUT2D eigenvalue weighted by Gasteiger charge is -2.12. The Hall–Kier alpha value is -1.06. The normalized spacial score (nSPS) is 17.1. The predicted molar refractivity (Wildman–Crippen MR) is 39.0 cm³/mol. The van der Waals surface area contributed by atoms with Gasteiger partial charge in [-0.05, 0) is 6.42 Å². The van der Waals surface area contributed by atoms with Crippen molar-refractivity contribution in [2.45, 2.75) is 6.42 Å². The second-order valence-electron chi connectivity index (χ2n) is 2.09. The molecular formula is C6H11N3O. The van der Waals surface area contributed by atoms with Gasteiger partial charge in [0.05, 0.1) is 0 Å². The second-order valence-corrected chi connectivity index (χ2v) is 2.09. The summed E-state index contributed by atoms with van der Waals surface area (Å²) in [6, 6.07) is 0. The molecule has 0 atom stereocenters. The van der Waals surface area contributed by atoms with Crippen LogP contribution < -0.4 is 10.6 Å². The van der Waals surface area contributed by atoms with Gasteiger partial charge in [-0.2, -0.15) is 0 Å². The minimum Gasteiger partial charge on any atom is -0.366 e. The molecule has 0 aromatic rings. The fourth-order valence-corrected chi connectivity index (χ4v) is 0.803. The standard InChI is InChI=1S/C6H11N3O/c1-7-6(10)5-8-3-2-4-9-5/h2-4H2,1H3,(H,7,10)(H,8,9). The van der Waals surface area contributed by atoms with E-state index in [2.05, 4.69) is 15.6 Å². The van der Waals surface area contributed by atoms with Crippen LogP contribution in [0.3, 0.4) is 0 Å². The van der Waals surface area contributed by atoms with Crippen molar-refractivity contribution < 1.29 is 4.79 Å². The zero-order valence-electron chi connectivity index (χ0n) is 5.98. The highest BCUT2D eigenvalue weighted by atomic mass is 16.2. The van der Waals surface area contributed by atoms with Gasteiger partial charge in [0.25, 0.3) is 5.91 Å². The predicted octanol–water partition coefficient (Wildman–Crippen LogP) is -0.876. The maximum absolute atomic E-state index is 10.9. The average molecular weight is 141 g/mol. The number of hydrogen-bond donors (Lipinski definition) is 2. The first-order chi connectivity index (χ1) is 4.84. The van der Waals surface area contributed by atoms with Crippen molar-refractivity contribution in [2.24, 2.45) is 4.99 Å². The lowest BCUT2D eigenvalue weighted by Crippen LogP contribution is -2.41. The van der Waals surface area contributed by atoms with Gasteiger partial charge in [0.2, 0.25) is 0 Å². The summed E-state index contributed by atoms with van der Waals surface area (Å²) < 4.78 is 0. The summed E-state index contributed by atoms with van der Waals surface area (Å²) in [6.07, 6.45) is 1.01. The molecule has 10 heavy (non-hydrogen) atoms. The maximum atomic E-state index is 10.9. The molecule has 1 aliphatic rings. The number of aliphatic imine (C=N–C) groups is 1. The van der Waals surface area contributed by atoms with Crippen molar-refractivity contribution in [3.8, 4) is 0 Å². The van der Waals surface area contributed by atoms with E-state index in [1.807, 2.05) is 0 Å². The zero-order valence-corrected chi connectivity index (χ0v) is 5.98. The van der Waals surface area contributed by atoms with Crippen molar-refractivity contribution in [1.82, 2.24) is 10.6 Å². The van der Waals surface area contributed by atoms with Gasteiger partial charge in [0, 0.05) is 20.1 Å². The molecule has 56 valence electrons. The van der Waals surface area contributed by atoms with Crippen molar-refractivity contribution >= 4 is 11.7 Å². The molecule has 1 aliphatic heterocycles. The lowest BCUT2D eigenvalue weighted by molar-refractivity contribution is -0.114. The van der Waals surface area contributed by atoms with Gasteiger partial charge in [-0.15, -0.1) is 0 Å². The Kier molecular flexibility index (Phi) is 2.25. The van der Waals surface area contributed by atoms with Crippen molar-refractivity contribution in [2.75, 3.05) is 20.1 Å². The highest BCUT2D eigenvalue weighted by Crippen LogP contribution is 1.88. The number of nitrogens with one attached hydrogen (secondary N) is 2. The van der Waals surface area contributed by atoms with Crippen LogP contribution in [0.2, 0.25) is 0 Å². The van der Waals surface area contributed by atoms with Crippen LogP contribution in [0.4, 0.5) is 0 Å². The van der Waals surface area contributed by atoms with Crippen LogP contribution in [0.5, 0.6) is 0 Å². The van der Waals surface area contributed by atoms with E-state index >= 15 is 0 Å². The third kappa shape index (κ3) is 1.46. The average Bonchev–Trinajstić information content (AvgIpc) is 2.05. The Morgan fingerprint density at radius 2 is 2.60 bits per heavy atom. The van der Waals surface area contributed by atoms with Gasteiger partial charge in [-0.25, -0.2) is 0 Å². The van der Waals surface area contributed by atoms with Crippen LogP contribution in [-0.4, -0.2) is 31.9 Å². The first-order valence-electron chi connectivity index (χ1n) is 3.35. The molecule has 0 aromatic heterocycles. The molecule has 0 fully saturated rings. The Morgan fingerprint density at radius 1 is 1.80 bits per heavy atom. The van der Waals surface area contributed by atoms with E-state index in [0.29, 0.717) is 5.84 Å². The number of hydrogen-bond acceptors (Lipinski definition) is 3. The van der Waals surface area contributed by atoms with E-state index in [1.165, 1.54) is 0 Å². The number of amidine groups is 1. The molecule has 2 N–H and O–H groups in total. The molecule has 4 heteroatoms. The SMILES string of the molecule is CNC(=O)C1=NCCCN1. The molecule has 1 heterocycles. The van der Waals surface area contributed by atoms with Crippen molar-refractivity contribution in [3.63, 3.8) is 0 Å². The van der Waals surface area contributed by atoms with Crippen molar-refractivity contribution in [3.05, 3.63) is 0 Å². The molecule has 0 spiro atoms. The number of carbonyl (C=O) groups excluding carboxylic acids is 1. The summed E-state index contributed by atoms with van der Waals surface area (Å²) in [5.41, 5.74) is 0. The second kappa shape index (κ2) is 3.20. The van der Waals surface area contributed by atoms with E-state index in [9.17, 15) is 4.79 Å². The number of amides is 1. The van der Waals surface area contributed by atoms with Gasteiger partial charge in [-0.3, -0.25) is 9.79 Å². The molecule has 0 unspecified atom stereocenters. The highest BCUT2D eigenvalue weighted by molar-refractivity contribution is 6.37. The number of likely N-dealkylation sites (N-methyl/N-ethyl adjacent to an activating group) is 1. The molecule has 0 radical (unpaired) electrons. The largest absolute Gasteiger partial charge is 0.366 e. The lowest BCUT2D eigenvalue weighted by atomic mass is 10.3. The first kappa shape index (κ1) is 7.05. The minimum atomic E-state index is -0.125. The first-order valence-corrected chi connectivity index (χ1v) is 3.35. The summed E-state index contributed by atoms with van der Waals surface area (Å²) in [5, 5.41) is 5.41.